The summed E-state index contributed by atoms with van der Waals surface area (Å²) in [6, 6.07) is 2.41. The Morgan fingerprint density at radius 2 is 2.18 bits per heavy atom. The summed E-state index contributed by atoms with van der Waals surface area (Å²) < 4.78 is 10.2. The Hall–Kier alpha value is -1.82. The van der Waals surface area contributed by atoms with Gasteiger partial charge < -0.3 is 9.47 Å². The van der Waals surface area contributed by atoms with E-state index in [2.05, 4.69) is 0 Å². The van der Waals surface area contributed by atoms with Crippen LogP contribution in [-0.2, 0) is 0 Å². The third-order valence-electron chi connectivity index (χ3n) is 1.97. The first-order valence-electron chi connectivity index (χ1n) is 4.64. The van der Waals surface area contributed by atoms with E-state index < -0.39 is 4.92 Å². The van der Waals surface area contributed by atoms with Crippen LogP contribution in [0.15, 0.2) is 12.1 Å². The maximum atomic E-state index is 10.7. The molecule has 0 aromatic heterocycles. The molecule has 0 spiro atoms. The fraction of sp³-hybridized carbons (Fsp3) is 0.300. The Bertz CT molecular complexity index is 435. The topological polar surface area (TPSA) is 78.7 Å². The van der Waals surface area contributed by atoms with Crippen molar-refractivity contribution < 1.29 is 19.2 Å². The predicted molar refractivity (Wildman–Crippen MR) is 61.3 cm³/mol. The van der Waals surface area contributed by atoms with Crippen molar-refractivity contribution in [3.05, 3.63) is 27.8 Å². The molecule has 0 N–H and O–H groups in total. The van der Waals surface area contributed by atoms with Gasteiger partial charge in [0.15, 0.2) is 17.8 Å². The lowest BCUT2D eigenvalue weighted by atomic mass is 10.1. The predicted octanol–water partition coefficient (Wildman–Crippen LogP) is 2.03. The molecule has 0 saturated carbocycles. The summed E-state index contributed by atoms with van der Waals surface area (Å²) in [6.07, 6.45) is 0.395. The van der Waals surface area contributed by atoms with Gasteiger partial charge in [0.25, 0.3) is 5.69 Å². The molecule has 1 aromatic rings. The van der Waals surface area contributed by atoms with E-state index >= 15 is 0 Å². The summed E-state index contributed by atoms with van der Waals surface area (Å²) in [5, 5.41) is 10.7. The fourth-order valence-electron chi connectivity index (χ4n) is 1.24. The number of hydrogen-bond acceptors (Lipinski definition) is 5. The molecule has 0 aliphatic carbocycles. The van der Waals surface area contributed by atoms with Crippen LogP contribution in [-0.4, -0.2) is 30.8 Å². The summed E-state index contributed by atoms with van der Waals surface area (Å²) >= 11 is 5.45. The van der Waals surface area contributed by atoms with Gasteiger partial charge in [-0.15, -0.1) is 11.6 Å². The molecule has 1 aromatic carbocycles. The largest absolute Gasteiger partial charge is 0.493 e. The van der Waals surface area contributed by atoms with Crippen LogP contribution >= 0.6 is 11.6 Å². The van der Waals surface area contributed by atoms with Crippen molar-refractivity contribution in [2.75, 3.05) is 19.6 Å². The van der Waals surface area contributed by atoms with Crippen LogP contribution in [0.3, 0.4) is 0 Å². The summed E-state index contributed by atoms with van der Waals surface area (Å²) in [5.74, 6) is 0.681. The first-order chi connectivity index (χ1) is 8.13. The maximum absolute atomic E-state index is 10.7. The van der Waals surface area contributed by atoms with E-state index in [9.17, 15) is 14.9 Å². The van der Waals surface area contributed by atoms with Gasteiger partial charge in [-0.2, -0.15) is 0 Å². The molecule has 7 heteroatoms. The normalized spacial score (nSPS) is 9.76. The number of methoxy groups -OCH3 is 1. The summed E-state index contributed by atoms with van der Waals surface area (Å²) in [5.41, 5.74) is -0.393. The number of ether oxygens (including phenoxy) is 2. The first-order valence-corrected chi connectivity index (χ1v) is 5.17. The molecule has 0 amide bonds. The zero-order valence-corrected chi connectivity index (χ0v) is 9.77. The number of benzene rings is 1. The van der Waals surface area contributed by atoms with Crippen LogP contribution in [0.2, 0.25) is 0 Å². The van der Waals surface area contributed by atoms with Crippen molar-refractivity contribution >= 4 is 23.6 Å². The highest BCUT2D eigenvalue weighted by molar-refractivity contribution is 6.18. The molecule has 0 fully saturated rings. The van der Waals surface area contributed by atoms with Gasteiger partial charge in [-0.05, 0) is 0 Å². The lowest BCUT2D eigenvalue weighted by Gasteiger charge is -2.10. The van der Waals surface area contributed by atoms with Crippen molar-refractivity contribution in [3.63, 3.8) is 0 Å². The summed E-state index contributed by atoms with van der Waals surface area (Å²) in [6.45, 7) is 0.190. The van der Waals surface area contributed by atoms with Gasteiger partial charge in [0.1, 0.15) is 6.61 Å². The third-order valence-corrected chi connectivity index (χ3v) is 2.13. The summed E-state index contributed by atoms with van der Waals surface area (Å²) in [7, 11) is 1.38. The lowest BCUT2D eigenvalue weighted by molar-refractivity contribution is -0.385. The highest BCUT2D eigenvalue weighted by atomic mass is 35.5. The number of rotatable bonds is 6. The van der Waals surface area contributed by atoms with Gasteiger partial charge in [-0.25, -0.2) is 0 Å². The van der Waals surface area contributed by atoms with Crippen LogP contribution in [0, 0.1) is 10.1 Å². The van der Waals surface area contributed by atoms with Crippen molar-refractivity contribution in [3.8, 4) is 11.5 Å². The number of carbonyl (C=O) groups excluding carboxylic acids is 1. The average Bonchev–Trinajstić information content (AvgIpc) is 2.34. The molecule has 0 saturated heterocycles. The number of nitro benzene ring substituents is 1. The molecule has 0 heterocycles. The quantitative estimate of drug-likeness (QED) is 0.338. The van der Waals surface area contributed by atoms with E-state index in [4.69, 9.17) is 21.1 Å². The highest BCUT2D eigenvalue weighted by Gasteiger charge is 2.19. The molecule has 0 unspecified atom stereocenters. The molecular formula is C10H10ClNO5. The van der Waals surface area contributed by atoms with Crippen molar-refractivity contribution in [1.82, 2.24) is 0 Å². The smallest absolute Gasteiger partial charge is 0.283 e. The highest BCUT2D eigenvalue weighted by Crippen LogP contribution is 2.33. The molecule has 0 aliphatic rings. The monoisotopic (exact) mass is 259 g/mol. The minimum Gasteiger partial charge on any atom is -0.493 e. The minimum absolute atomic E-state index is 0.0647. The first kappa shape index (κ1) is 13.2. The molecule has 6 nitrogen and oxygen atoms in total. The second-order valence-corrected chi connectivity index (χ2v) is 3.35. The van der Waals surface area contributed by atoms with Gasteiger partial charge in [-0.1, -0.05) is 0 Å². The molecule has 92 valence electrons. The van der Waals surface area contributed by atoms with Crippen molar-refractivity contribution in [2.24, 2.45) is 0 Å². The van der Waals surface area contributed by atoms with E-state index in [0.717, 1.165) is 6.07 Å². The fourth-order valence-corrected chi connectivity index (χ4v) is 1.32. The number of carbonyl (C=O) groups is 1. The van der Waals surface area contributed by atoms with Crippen molar-refractivity contribution in [2.45, 2.75) is 0 Å². The van der Waals surface area contributed by atoms with E-state index in [1.165, 1.54) is 13.2 Å². The van der Waals surface area contributed by atoms with Crippen LogP contribution in [0.5, 0.6) is 11.5 Å². The van der Waals surface area contributed by atoms with Gasteiger partial charge in [0, 0.05) is 6.07 Å². The number of alkyl halides is 1. The molecule has 17 heavy (non-hydrogen) atoms. The molecule has 0 bridgehead atoms. The molecule has 0 atom stereocenters. The zero-order valence-electron chi connectivity index (χ0n) is 9.01. The van der Waals surface area contributed by atoms with Gasteiger partial charge >= 0.3 is 0 Å². The van der Waals surface area contributed by atoms with Crippen LogP contribution in [0.4, 0.5) is 5.69 Å². The van der Waals surface area contributed by atoms with E-state index in [-0.39, 0.29) is 35.2 Å². The van der Waals surface area contributed by atoms with Gasteiger partial charge in [0.2, 0.25) is 0 Å². The van der Waals surface area contributed by atoms with Crippen LogP contribution < -0.4 is 9.47 Å². The number of aldehydes is 1. The van der Waals surface area contributed by atoms with Crippen LogP contribution in [0.1, 0.15) is 10.4 Å². The lowest BCUT2D eigenvalue weighted by Crippen LogP contribution is -2.03. The average molecular weight is 260 g/mol. The number of nitrogens with zero attached hydrogens (tertiary/aromatic N) is 1. The van der Waals surface area contributed by atoms with E-state index in [0.29, 0.717) is 6.29 Å². The van der Waals surface area contributed by atoms with E-state index in [1.54, 1.807) is 0 Å². The van der Waals surface area contributed by atoms with Gasteiger partial charge in [-0.3, -0.25) is 14.9 Å². The Kier molecular flexibility index (Phi) is 4.71. The second kappa shape index (κ2) is 6.05. The Balaban J connectivity index is 3.23. The number of hydrogen-bond donors (Lipinski definition) is 0. The van der Waals surface area contributed by atoms with Gasteiger partial charge in [0.05, 0.1) is 29.5 Å². The van der Waals surface area contributed by atoms with E-state index in [1.807, 2.05) is 0 Å². The third kappa shape index (κ3) is 3.07. The number of halogens is 1. The standard InChI is InChI=1S/C10H10ClNO5/c1-16-9-4-7(6-13)8(12(14)15)5-10(9)17-3-2-11/h4-6H,2-3H2,1H3. The Labute approximate surface area is 102 Å². The summed E-state index contributed by atoms with van der Waals surface area (Å²) in [4.78, 5) is 20.8. The molecule has 0 aliphatic heterocycles. The molecule has 1 rings (SSSR count). The Morgan fingerprint density at radius 3 is 2.65 bits per heavy atom. The molecule has 0 radical (unpaired) electrons. The van der Waals surface area contributed by atoms with Crippen molar-refractivity contribution in [1.29, 1.82) is 0 Å². The minimum atomic E-state index is -0.656. The SMILES string of the molecule is COc1cc(C=O)c([N+](=O)[O-])cc1OCCCl. The Morgan fingerprint density at radius 1 is 1.47 bits per heavy atom. The maximum Gasteiger partial charge on any atom is 0.283 e. The molecular weight excluding hydrogens is 250 g/mol. The zero-order chi connectivity index (χ0) is 12.8. The van der Waals surface area contributed by atoms with Crippen LogP contribution in [0.25, 0.3) is 0 Å². The second-order valence-electron chi connectivity index (χ2n) is 2.97. The number of nitro groups is 1.